The van der Waals surface area contributed by atoms with Crippen molar-refractivity contribution in [3.05, 3.63) is 71.3 Å². The zero-order valence-electron chi connectivity index (χ0n) is 11.0. The minimum atomic E-state index is 0.0557. The fraction of sp³-hybridized carbons (Fsp3) is 0.222. The first-order valence-electron chi connectivity index (χ1n) is 6.63. The molecule has 0 aromatic heterocycles. The molecule has 0 bridgehead atoms. The highest BCUT2D eigenvalue weighted by Gasteiger charge is 2.25. The van der Waals surface area contributed by atoms with Crippen LogP contribution in [-0.4, -0.2) is 0 Å². The Kier molecular flexibility index (Phi) is 2.59. The molecule has 0 heteroatoms. The van der Waals surface area contributed by atoms with Gasteiger partial charge in [-0.2, -0.15) is 0 Å². The number of allylic oxidation sites excluding steroid dienone is 7. The van der Waals surface area contributed by atoms with E-state index in [0.717, 1.165) is 6.42 Å². The van der Waals surface area contributed by atoms with Crippen LogP contribution in [0.25, 0.3) is 11.6 Å². The van der Waals surface area contributed by atoms with E-state index in [1.807, 2.05) is 0 Å². The van der Waals surface area contributed by atoms with Gasteiger partial charge in [0.25, 0.3) is 0 Å². The number of hydrogen-bond donors (Lipinski definition) is 0. The lowest BCUT2D eigenvalue weighted by molar-refractivity contribution is 0.710. The third-order valence-corrected chi connectivity index (χ3v) is 3.66. The molecule has 2 aliphatic rings. The van der Waals surface area contributed by atoms with Crippen molar-refractivity contribution in [1.29, 1.82) is 0 Å². The molecule has 0 radical (unpaired) electrons. The molecule has 0 nitrogen and oxygen atoms in total. The van der Waals surface area contributed by atoms with E-state index in [4.69, 9.17) is 0 Å². The molecule has 0 fully saturated rings. The molecule has 0 spiro atoms. The second-order valence-corrected chi connectivity index (χ2v) is 5.25. The molecular formula is C18H18. The molecule has 90 valence electrons. The van der Waals surface area contributed by atoms with Gasteiger partial charge in [0.2, 0.25) is 0 Å². The van der Waals surface area contributed by atoms with Gasteiger partial charge in [0, 0.05) is 5.41 Å². The van der Waals surface area contributed by atoms with Crippen molar-refractivity contribution in [3.63, 3.8) is 0 Å². The summed E-state index contributed by atoms with van der Waals surface area (Å²) in [5, 5.41) is 0. The van der Waals surface area contributed by atoms with Crippen LogP contribution < -0.4 is 0 Å². The van der Waals surface area contributed by atoms with Crippen LogP contribution in [0.3, 0.4) is 0 Å². The Morgan fingerprint density at radius 2 is 2.06 bits per heavy atom. The van der Waals surface area contributed by atoms with Crippen molar-refractivity contribution in [2.45, 2.75) is 20.3 Å². The third kappa shape index (κ3) is 1.78. The summed E-state index contributed by atoms with van der Waals surface area (Å²) < 4.78 is 0. The molecule has 3 rings (SSSR count). The summed E-state index contributed by atoms with van der Waals surface area (Å²) in [6, 6.07) is 8.63. The maximum absolute atomic E-state index is 2.39. The predicted octanol–water partition coefficient (Wildman–Crippen LogP) is 5.01. The summed E-state index contributed by atoms with van der Waals surface area (Å²) >= 11 is 0. The lowest BCUT2D eigenvalue weighted by atomic mass is 9.80. The summed E-state index contributed by atoms with van der Waals surface area (Å²) in [5.41, 5.74) is 5.50. The van der Waals surface area contributed by atoms with Crippen molar-refractivity contribution in [3.8, 4) is 0 Å². The molecule has 1 aromatic carbocycles. The first kappa shape index (κ1) is 11.3. The van der Waals surface area contributed by atoms with Gasteiger partial charge in [0.1, 0.15) is 0 Å². The van der Waals surface area contributed by atoms with Gasteiger partial charge in [-0.3, -0.25) is 0 Å². The van der Waals surface area contributed by atoms with Crippen LogP contribution in [0, 0.1) is 5.41 Å². The summed E-state index contributed by atoms with van der Waals surface area (Å²) in [6.07, 6.45) is 14.9. The van der Waals surface area contributed by atoms with Gasteiger partial charge in [0.05, 0.1) is 0 Å². The highest BCUT2D eigenvalue weighted by Crippen LogP contribution is 2.43. The fourth-order valence-electron chi connectivity index (χ4n) is 2.67. The quantitative estimate of drug-likeness (QED) is 0.631. The van der Waals surface area contributed by atoms with Gasteiger partial charge in [0.15, 0.2) is 0 Å². The molecule has 1 aromatic rings. The summed E-state index contributed by atoms with van der Waals surface area (Å²) in [4.78, 5) is 0. The average Bonchev–Trinajstić information content (AvgIpc) is 2.74. The van der Waals surface area contributed by atoms with Crippen molar-refractivity contribution in [2.24, 2.45) is 5.41 Å². The third-order valence-electron chi connectivity index (χ3n) is 3.66. The van der Waals surface area contributed by atoms with Crippen LogP contribution in [0.5, 0.6) is 0 Å². The Hall–Kier alpha value is -1.82. The summed E-state index contributed by atoms with van der Waals surface area (Å²) in [5.74, 6) is 0. The van der Waals surface area contributed by atoms with Crippen LogP contribution in [0.1, 0.15) is 31.4 Å². The van der Waals surface area contributed by atoms with E-state index in [-0.39, 0.29) is 5.41 Å². The van der Waals surface area contributed by atoms with Crippen LogP contribution in [0.2, 0.25) is 0 Å². The van der Waals surface area contributed by atoms with Crippen LogP contribution >= 0.6 is 0 Å². The Morgan fingerprint density at radius 1 is 1.22 bits per heavy atom. The van der Waals surface area contributed by atoms with Gasteiger partial charge in [-0.15, -0.1) is 0 Å². The number of rotatable bonds is 2. The second kappa shape index (κ2) is 4.13. The molecule has 0 amide bonds. The van der Waals surface area contributed by atoms with E-state index < -0.39 is 0 Å². The van der Waals surface area contributed by atoms with Crippen molar-refractivity contribution in [2.75, 3.05) is 0 Å². The number of benzene rings is 1. The van der Waals surface area contributed by atoms with E-state index in [2.05, 4.69) is 74.6 Å². The first-order valence-corrected chi connectivity index (χ1v) is 6.63. The molecule has 0 heterocycles. The molecule has 0 aliphatic heterocycles. The maximum Gasteiger partial charge on any atom is 0.0225 e. The van der Waals surface area contributed by atoms with Crippen LogP contribution in [0.4, 0.5) is 0 Å². The lowest BCUT2D eigenvalue weighted by Crippen LogP contribution is -2.09. The summed E-state index contributed by atoms with van der Waals surface area (Å²) in [7, 11) is 0. The van der Waals surface area contributed by atoms with Crippen LogP contribution in [0.15, 0.2) is 60.2 Å². The van der Waals surface area contributed by atoms with Gasteiger partial charge < -0.3 is 0 Å². The zero-order valence-corrected chi connectivity index (χ0v) is 11.0. The Labute approximate surface area is 109 Å². The monoisotopic (exact) mass is 234 g/mol. The van der Waals surface area contributed by atoms with Gasteiger partial charge in [-0.1, -0.05) is 61.6 Å². The molecule has 0 saturated carbocycles. The Balaban J connectivity index is 2.07. The molecule has 2 aliphatic carbocycles. The highest BCUT2D eigenvalue weighted by molar-refractivity contribution is 5.98. The average molecular weight is 234 g/mol. The SMILES string of the molecule is CCC=CC1(C)C=CC2=Cc3ccccc3C2=C1. The minimum absolute atomic E-state index is 0.0557. The molecule has 1 unspecified atom stereocenters. The molecular weight excluding hydrogens is 216 g/mol. The van der Waals surface area contributed by atoms with Gasteiger partial charge in [-0.05, 0) is 41.7 Å². The first-order chi connectivity index (χ1) is 8.72. The largest absolute Gasteiger partial charge is 0.0876 e. The van der Waals surface area contributed by atoms with E-state index in [0.29, 0.717) is 0 Å². The summed E-state index contributed by atoms with van der Waals surface area (Å²) in [6.45, 7) is 4.44. The highest BCUT2D eigenvalue weighted by atomic mass is 14.3. The van der Waals surface area contributed by atoms with E-state index in [9.17, 15) is 0 Å². The van der Waals surface area contributed by atoms with Crippen LogP contribution in [-0.2, 0) is 0 Å². The van der Waals surface area contributed by atoms with Crippen molar-refractivity contribution < 1.29 is 0 Å². The minimum Gasteiger partial charge on any atom is -0.0876 e. The number of fused-ring (bicyclic) bond motifs is 3. The smallest absolute Gasteiger partial charge is 0.0225 e. The molecule has 1 atom stereocenters. The maximum atomic E-state index is 2.39. The standard InChI is InChI=1S/C18H18/c1-3-4-10-18(2)11-9-15-12-14-7-5-6-8-16(14)17(15)13-18/h4-13H,3H2,1-2H3. The van der Waals surface area contributed by atoms with Crippen molar-refractivity contribution in [1.82, 2.24) is 0 Å². The van der Waals surface area contributed by atoms with E-state index in [1.165, 1.54) is 22.3 Å². The Bertz CT molecular complexity index is 596. The zero-order chi connectivity index (χ0) is 12.6. The molecule has 18 heavy (non-hydrogen) atoms. The second-order valence-electron chi connectivity index (χ2n) is 5.25. The molecule has 0 N–H and O–H groups in total. The van der Waals surface area contributed by atoms with E-state index in [1.54, 1.807) is 0 Å². The predicted molar refractivity (Wildman–Crippen MR) is 79.1 cm³/mol. The lowest BCUT2D eigenvalue weighted by Gasteiger charge is -2.23. The fourth-order valence-corrected chi connectivity index (χ4v) is 2.67. The van der Waals surface area contributed by atoms with E-state index >= 15 is 0 Å². The molecule has 0 saturated heterocycles. The topological polar surface area (TPSA) is 0 Å². The van der Waals surface area contributed by atoms with Gasteiger partial charge in [-0.25, -0.2) is 0 Å². The number of hydrogen-bond acceptors (Lipinski definition) is 0. The Morgan fingerprint density at radius 3 is 2.89 bits per heavy atom. The normalized spacial score (nSPS) is 24.8. The van der Waals surface area contributed by atoms with Crippen molar-refractivity contribution >= 4 is 11.6 Å². The van der Waals surface area contributed by atoms with Gasteiger partial charge >= 0.3 is 0 Å².